The number of hydrogen-bond donors (Lipinski definition) is 2. The maximum Gasteiger partial charge on any atom is 0.328 e. The van der Waals surface area contributed by atoms with Crippen LogP contribution in [0.15, 0.2) is 24.3 Å². The molecule has 0 fully saturated rings. The molecule has 1 aromatic carbocycles. The molecule has 1 aliphatic rings. The molecular weight excluding hydrogens is 232 g/mol. The molecule has 5 heteroatoms. The lowest BCUT2D eigenvalue weighted by Gasteiger charge is -2.23. The first-order valence-electron chi connectivity index (χ1n) is 5.90. The molecule has 96 valence electrons. The molecule has 1 unspecified atom stereocenters. The first kappa shape index (κ1) is 12.4. The van der Waals surface area contributed by atoms with E-state index in [0.717, 1.165) is 18.7 Å². The Balaban J connectivity index is 2.09. The molecule has 5 nitrogen and oxygen atoms in total. The van der Waals surface area contributed by atoms with Crippen molar-refractivity contribution in [2.24, 2.45) is 0 Å². The van der Waals surface area contributed by atoms with Crippen molar-refractivity contribution < 1.29 is 14.7 Å². The predicted octanol–water partition coefficient (Wildman–Crippen LogP) is 0.638. The lowest BCUT2D eigenvalue weighted by atomic mass is 10.2. The number of nitrogens with zero attached hydrogens (tertiary/aromatic N) is 1. The topological polar surface area (TPSA) is 69.6 Å². The third kappa shape index (κ3) is 2.61. The summed E-state index contributed by atoms with van der Waals surface area (Å²) in [5.41, 5.74) is 2.29. The van der Waals surface area contributed by atoms with Crippen molar-refractivity contribution in [3.63, 3.8) is 0 Å². The average Bonchev–Trinajstić information content (AvgIpc) is 2.71. The van der Waals surface area contributed by atoms with Crippen molar-refractivity contribution in [1.29, 1.82) is 0 Å². The smallest absolute Gasteiger partial charge is 0.328 e. The molecule has 1 atom stereocenters. The number of fused-ring (bicyclic) bond motifs is 1. The van der Waals surface area contributed by atoms with Crippen LogP contribution in [0.4, 0.5) is 5.69 Å². The third-order valence-electron chi connectivity index (χ3n) is 3.06. The molecule has 2 N–H and O–H groups in total. The van der Waals surface area contributed by atoms with Crippen LogP contribution in [0.5, 0.6) is 0 Å². The van der Waals surface area contributed by atoms with Gasteiger partial charge in [0, 0.05) is 25.7 Å². The van der Waals surface area contributed by atoms with Crippen LogP contribution in [-0.4, -0.2) is 36.1 Å². The molecule has 18 heavy (non-hydrogen) atoms. The van der Waals surface area contributed by atoms with Gasteiger partial charge in [-0.3, -0.25) is 4.79 Å². The number of hydrogen-bond acceptors (Lipinski definition) is 3. The van der Waals surface area contributed by atoms with Gasteiger partial charge < -0.3 is 15.3 Å². The number of carboxylic acid groups (broad SMARTS) is 1. The van der Waals surface area contributed by atoms with E-state index in [-0.39, 0.29) is 5.91 Å². The second-order valence-electron chi connectivity index (χ2n) is 4.42. The highest BCUT2D eigenvalue weighted by Crippen LogP contribution is 2.27. The van der Waals surface area contributed by atoms with Crippen molar-refractivity contribution in [2.75, 3.05) is 18.0 Å². The van der Waals surface area contributed by atoms with Gasteiger partial charge >= 0.3 is 5.97 Å². The molecule has 0 spiro atoms. The van der Waals surface area contributed by atoms with Gasteiger partial charge in [0.1, 0.15) is 6.04 Å². The van der Waals surface area contributed by atoms with E-state index < -0.39 is 12.0 Å². The SMILES string of the molecule is CC(=O)NC(CN1CCc2ccccc21)C(=O)O. The summed E-state index contributed by atoms with van der Waals surface area (Å²) < 4.78 is 0. The Bertz CT molecular complexity index is 473. The summed E-state index contributed by atoms with van der Waals surface area (Å²) >= 11 is 0. The minimum absolute atomic E-state index is 0.298. The number of carbonyl (C=O) groups is 2. The summed E-state index contributed by atoms with van der Waals surface area (Å²) in [6, 6.07) is 7.07. The van der Waals surface area contributed by atoms with Crippen molar-refractivity contribution >= 4 is 17.6 Å². The fourth-order valence-corrected chi connectivity index (χ4v) is 2.25. The molecule has 1 aliphatic heterocycles. The summed E-state index contributed by atoms with van der Waals surface area (Å²) in [4.78, 5) is 24.1. The van der Waals surface area contributed by atoms with Crippen molar-refractivity contribution in [1.82, 2.24) is 5.32 Å². The van der Waals surface area contributed by atoms with E-state index >= 15 is 0 Å². The van der Waals surface area contributed by atoms with Gasteiger partial charge in [0.25, 0.3) is 0 Å². The van der Waals surface area contributed by atoms with E-state index in [1.807, 2.05) is 29.2 Å². The molecule has 1 heterocycles. The number of para-hydroxylation sites is 1. The molecule has 0 saturated heterocycles. The zero-order valence-electron chi connectivity index (χ0n) is 10.2. The molecule has 2 rings (SSSR count). The molecule has 1 aromatic rings. The van der Waals surface area contributed by atoms with Crippen LogP contribution >= 0.6 is 0 Å². The lowest BCUT2D eigenvalue weighted by Crippen LogP contribution is -2.47. The number of nitrogens with one attached hydrogen (secondary N) is 1. The number of benzene rings is 1. The van der Waals surface area contributed by atoms with Crippen LogP contribution in [0.1, 0.15) is 12.5 Å². The zero-order valence-corrected chi connectivity index (χ0v) is 10.2. The zero-order chi connectivity index (χ0) is 13.1. The minimum atomic E-state index is -1.01. The molecule has 0 saturated carbocycles. The van der Waals surface area contributed by atoms with Gasteiger partial charge in [-0.25, -0.2) is 4.79 Å². The molecule has 0 bridgehead atoms. The highest BCUT2D eigenvalue weighted by atomic mass is 16.4. The number of aliphatic carboxylic acids is 1. The highest BCUT2D eigenvalue weighted by Gasteiger charge is 2.25. The normalized spacial score (nSPS) is 15.1. The first-order chi connectivity index (χ1) is 8.58. The van der Waals surface area contributed by atoms with E-state index in [9.17, 15) is 9.59 Å². The van der Waals surface area contributed by atoms with Gasteiger partial charge in [0.15, 0.2) is 0 Å². The maximum atomic E-state index is 11.1. The van der Waals surface area contributed by atoms with E-state index in [1.165, 1.54) is 12.5 Å². The van der Waals surface area contributed by atoms with Crippen LogP contribution < -0.4 is 10.2 Å². The summed E-state index contributed by atoms with van der Waals surface area (Å²) in [5.74, 6) is -1.33. The van der Waals surface area contributed by atoms with E-state index in [1.54, 1.807) is 0 Å². The first-order valence-corrected chi connectivity index (χ1v) is 5.90. The van der Waals surface area contributed by atoms with Crippen LogP contribution in [0.25, 0.3) is 0 Å². The van der Waals surface area contributed by atoms with Crippen LogP contribution in [-0.2, 0) is 16.0 Å². The maximum absolute atomic E-state index is 11.1. The quantitative estimate of drug-likeness (QED) is 0.820. The number of amides is 1. The Morgan fingerprint density at radius 2 is 2.17 bits per heavy atom. The number of anilines is 1. The molecule has 0 aromatic heterocycles. The molecular formula is C13H16N2O3. The van der Waals surface area contributed by atoms with E-state index in [0.29, 0.717) is 6.54 Å². The third-order valence-corrected chi connectivity index (χ3v) is 3.06. The monoisotopic (exact) mass is 248 g/mol. The summed E-state index contributed by atoms with van der Waals surface area (Å²) in [5, 5.41) is 11.5. The highest BCUT2D eigenvalue weighted by molar-refractivity contribution is 5.82. The Morgan fingerprint density at radius 3 is 2.83 bits per heavy atom. The standard InChI is InChI=1S/C13H16N2O3/c1-9(16)14-11(13(17)18)8-15-7-6-10-4-2-3-5-12(10)15/h2-5,11H,6-8H2,1H3,(H,14,16)(H,17,18). The molecule has 1 amide bonds. The largest absolute Gasteiger partial charge is 0.480 e. The fraction of sp³-hybridized carbons (Fsp3) is 0.385. The van der Waals surface area contributed by atoms with Gasteiger partial charge in [-0.15, -0.1) is 0 Å². The Hall–Kier alpha value is -2.04. The summed E-state index contributed by atoms with van der Waals surface area (Å²) in [7, 11) is 0. The summed E-state index contributed by atoms with van der Waals surface area (Å²) in [6.07, 6.45) is 0.919. The van der Waals surface area contributed by atoms with Crippen molar-refractivity contribution in [2.45, 2.75) is 19.4 Å². The Labute approximate surface area is 105 Å². The lowest BCUT2D eigenvalue weighted by molar-refractivity contribution is -0.141. The van der Waals surface area contributed by atoms with Crippen LogP contribution in [0.2, 0.25) is 0 Å². The van der Waals surface area contributed by atoms with Crippen LogP contribution in [0, 0.1) is 0 Å². The van der Waals surface area contributed by atoms with Crippen molar-refractivity contribution in [3.8, 4) is 0 Å². The summed E-state index contributed by atoms with van der Waals surface area (Å²) in [6.45, 7) is 2.42. The van der Waals surface area contributed by atoms with Gasteiger partial charge in [0.05, 0.1) is 0 Å². The Kier molecular flexibility index (Phi) is 3.50. The van der Waals surface area contributed by atoms with E-state index in [4.69, 9.17) is 5.11 Å². The van der Waals surface area contributed by atoms with Gasteiger partial charge in [-0.2, -0.15) is 0 Å². The number of rotatable bonds is 4. The molecule has 0 aliphatic carbocycles. The second kappa shape index (κ2) is 5.08. The average molecular weight is 248 g/mol. The minimum Gasteiger partial charge on any atom is -0.480 e. The second-order valence-corrected chi connectivity index (χ2v) is 4.42. The van der Waals surface area contributed by atoms with Gasteiger partial charge in [0.2, 0.25) is 5.91 Å². The van der Waals surface area contributed by atoms with Gasteiger partial charge in [-0.1, -0.05) is 18.2 Å². The number of carbonyl (C=O) groups excluding carboxylic acids is 1. The Morgan fingerprint density at radius 1 is 1.44 bits per heavy atom. The van der Waals surface area contributed by atoms with Crippen LogP contribution in [0.3, 0.4) is 0 Å². The van der Waals surface area contributed by atoms with Gasteiger partial charge in [-0.05, 0) is 18.1 Å². The van der Waals surface area contributed by atoms with E-state index in [2.05, 4.69) is 5.32 Å². The predicted molar refractivity (Wildman–Crippen MR) is 67.6 cm³/mol. The number of carboxylic acids is 1. The molecule has 0 radical (unpaired) electrons. The van der Waals surface area contributed by atoms with Crippen molar-refractivity contribution in [3.05, 3.63) is 29.8 Å². The fourth-order valence-electron chi connectivity index (χ4n) is 2.25.